The first-order chi connectivity index (χ1) is 8.74. The molecule has 1 aliphatic rings. The number of hydroxylamine groups is 2. The van der Waals surface area contributed by atoms with Gasteiger partial charge in [-0.2, -0.15) is 5.06 Å². The molecule has 0 aliphatic carbocycles. The summed E-state index contributed by atoms with van der Waals surface area (Å²) in [5, 5.41) is 2.00. The van der Waals surface area contributed by atoms with Crippen molar-refractivity contribution in [3.63, 3.8) is 0 Å². The summed E-state index contributed by atoms with van der Waals surface area (Å²) in [7, 11) is 0. The van der Waals surface area contributed by atoms with Crippen LogP contribution in [-0.4, -0.2) is 53.4 Å². The van der Waals surface area contributed by atoms with Crippen LogP contribution in [0.1, 0.15) is 48.0 Å². The lowest BCUT2D eigenvalue weighted by Crippen LogP contribution is -2.43. The lowest BCUT2D eigenvalue weighted by Gasteiger charge is -2.31. The Kier molecular flexibility index (Phi) is 5.62. The number of hydrogen-bond acceptors (Lipinski definition) is 4. The van der Waals surface area contributed by atoms with E-state index in [1.807, 2.05) is 32.8 Å². The first kappa shape index (κ1) is 16.2. The van der Waals surface area contributed by atoms with Crippen LogP contribution in [0, 0.1) is 0 Å². The number of amides is 1. The summed E-state index contributed by atoms with van der Waals surface area (Å²) >= 11 is 0. The molecule has 0 aromatic carbocycles. The van der Waals surface area contributed by atoms with E-state index in [1.165, 1.54) is 0 Å². The molecular formula is C14H28N2O3. The van der Waals surface area contributed by atoms with Crippen molar-refractivity contribution in [1.29, 1.82) is 0 Å². The Hall–Kier alpha value is -0.810. The third-order valence-corrected chi connectivity index (χ3v) is 2.96. The van der Waals surface area contributed by atoms with E-state index < -0.39 is 5.60 Å². The Morgan fingerprint density at radius 2 is 2.05 bits per heavy atom. The van der Waals surface area contributed by atoms with Gasteiger partial charge < -0.3 is 9.64 Å². The lowest BCUT2D eigenvalue weighted by atomic mass is 10.2. The summed E-state index contributed by atoms with van der Waals surface area (Å²) in [5.41, 5.74) is -0.438. The second kappa shape index (κ2) is 6.57. The number of carbonyl (C=O) groups is 1. The van der Waals surface area contributed by atoms with Gasteiger partial charge in [-0.15, -0.1) is 0 Å². The molecule has 0 saturated carbocycles. The van der Waals surface area contributed by atoms with E-state index in [0.29, 0.717) is 19.2 Å². The molecule has 0 spiro atoms. The Labute approximate surface area is 116 Å². The molecule has 1 amide bonds. The molecule has 5 heteroatoms. The standard InChI is InChI=1S/C14H28N2O3/c1-7-18-16(11(2)3)12-8-9-15(10-12)13(17)19-14(4,5)6/h11-12H,7-10H2,1-6H3. The van der Waals surface area contributed by atoms with Crippen LogP contribution in [0.15, 0.2) is 0 Å². The van der Waals surface area contributed by atoms with Crippen LogP contribution < -0.4 is 0 Å². The Morgan fingerprint density at radius 1 is 1.42 bits per heavy atom. The number of rotatable bonds is 4. The van der Waals surface area contributed by atoms with Gasteiger partial charge in [-0.1, -0.05) is 0 Å². The lowest BCUT2D eigenvalue weighted by molar-refractivity contribution is -0.199. The van der Waals surface area contributed by atoms with Gasteiger partial charge in [0.25, 0.3) is 0 Å². The van der Waals surface area contributed by atoms with Crippen LogP contribution in [0.5, 0.6) is 0 Å². The number of carbonyl (C=O) groups excluding carboxylic acids is 1. The smallest absolute Gasteiger partial charge is 0.410 e. The quantitative estimate of drug-likeness (QED) is 0.738. The maximum Gasteiger partial charge on any atom is 0.410 e. The van der Waals surface area contributed by atoms with Crippen molar-refractivity contribution in [2.75, 3.05) is 19.7 Å². The van der Waals surface area contributed by atoms with Crippen molar-refractivity contribution in [1.82, 2.24) is 9.96 Å². The molecule has 0 aromatic rings. The van der Waals surface area contributed by atoms with Crippen molar-refractivity contribution in [3.8, 4) is 0 Å². The van der Waals surface area contributed by atoms with E-state index in [0.717, 1.165) is 13.0 Å². The van der Waals surface area contributed by atoms with Gasteiger partial charge in [0.1, 0.15) is 5.60 Å². The summed E-state index contributed by atoms with van der Waals surface area (Å²) in [6.45, 7) is 13.9. The summed E-state index contributed by atoms with van der Waals surface area (Å²) in [4.78, 5) is 19.4. The molecule has 1 aliphatic heterocycles. The van der Waals surface area contributed by atoms with E-state index in [4.69, 9.17) is 9.57 Å². The molecule has 5 nitrogen and oxygen atoms in total. The van der Waals surface area contributed by atoms with Crippen LogP contribution in [0.3, 0.4) is 0 Å². The average molecular weight is 272 g/mol. The highest BCUT2D eigenvalue weighted by Gasteiger charge is 2.34. The summed E-state index contributed by atoms with van der Waals surface area (Å²) in [5.74, 6) is 0. The fourth-order valence-electron chi connectivity index (χ4n) is 2.27. The number of likely N-dealkylation sites (tertiary alicyclic amines) is 1. The van der Waals surface area contributed by atoms with E-state index in [1.54, 1.807) is 4.90 Å². The molecule has 0 bridgehead atoms. The van der Waals surface area contributed by atoms with Crippen molar-refractivity contribution in [3.05, 3.63) is 0 Å². The summed E-state index contributed by atoms with van der Waals surface area (Å²) in [6, 6.07) is 0.566. The van der Waals surface area contributed by atoms with Crippen molar-refractivity contribution in [2.45, 2.75) is 65.6 Å². The third-order valence-electron chi connectivity index (χ3n) is 2.96. The van der Waals surface area contributed by atoms with E-state index in [2.05, 4.69) is 13.8 Å². The zero-order chi connectivity index (χ0) is 14.6. The van der Waals surface area contributed by atoms with Crippen molar-refractivity contribution in [2.24, 2.45) is 0 Å². The van der Waals surface area contributed by atoms with Crippen LogP contribution in [0.25, 0.3) is 0 Å². The number of ether oxygens (including phenoxy) is 1. The zero-order valence-electron chi connectivity index (χ0n) is 13.1. The maximum absolute atomic E-state index is 12.0. The molecule has 1 fully saturated rings. The van der Waals surface area contributed by atoms with E-state index >= 15 is 0 Å². The van der Waals surface area contributed by atoms with Gasteiger partial charge in [0.15, 0.2) is 0 Å². The average Bonchev–Trinajstić information content (AvgIpc) is 2.72. The van der Waals surface area contributed by atoms with Gasteiger partial charge >= 0.3 is 6.09 Å². The molecular weight excluding hydrogens is 244 g/mol. The normalized spacial score (nSPS) is 20.4. The van der Waals surface area contributed by atoms with Crippen LogP contribution in [-0.2, 0) is 9.57 Å². The van der Waals surface area contributed by atoms with Gasteiger partial charge in [-0.05, 0) is 48.0 Å². The van der Waals surface area contributed by atoms with Crippen molar-refractivity contribution >= 4 is 6.09 Å². The molecule has 112 valence electrons. The SMILES string of the molecule is CCON(C(C)C)C1CCN(C(=O)OC(C)(C)C)C1. The number of hydrogen-bond donors (Lipinski definition) is 0. The van der Waals surface area contributed by atoms with Gasteiger partial charge in [-0.3, -0.25) is 4.84 Å². The third kappa shape index (κ3) is 4.99. The summed E-state index contributed by atoms with van der Waals surface area (Å²) < 4.78 is 5.40. The van der Waals surface area contributed by atoms with Crippen molar-refractivity contribution < 1.29 is 14.4 Å². The predicted octanol–water partition coefficient (Wildman–Crippen LogP) is 2.66. The second-order valence-electron chi connectivity index (χ2n) is 6.24. The zero-order valence-corrected chi connectivity index (χ0v) is 13.1. The monoisotopic (exact) mass is 272 g/mol. The van der Waals surface area contributed by atoms with Crippen LogP contribution >= 0.6 is 0 Å². The molecule has 0 radical (unpaired) electrons. The van der Waals surface area contributed by atoms with Gasteiger partial charge in [0.2, 0.25) is 0 Å². The highest BCUT2D eigenvalue weighted by molar-refractivity contribution is 5.68. The minimum absolute atomic E-state index is 0.227. The molecule has 1 saturated heterocycles. The Morgan fingerprint density at radius 3 is 2.53 bits per heavy atom. The van der Waals surface area contributed by atoms with E-state index in [9.17, 15) is 4.79 Å². The first-order valence-corrected chi connectivity index (χ1v) is 7.13. The fraction of sp³-hybridized carbons (Fsp3) is 0.929. The molecule has 1 heterocycles. The Bertz CT molecular complexity index is 300. The van der Waals surface area contributed by atoms with E-state index in [-0.39, 0.29) is 12.1 Å². The summed E-state index contributed by atoms with van der Waals surface area (Å²) in [6.07, 6.45) is 0.701. The molecule has 0 aromatic heterocycles. The topological polar surface area (TPSA) is 42.0 Å². The molecule has 1 rings (SSSR count). The highest BCUT2D eigenvalue weighted by atomic mass is 16.7. The fourth-order valence-corrected chi connectivity index (χ4v) is 2.27. The molecule has 1 unspecified atom stereocenters. The largest absolute Gasteiger partial charge is 0.444 e. The highest BCUT2D eigenvalue weighted by Crippen LogP contribution is 2.20. The van der Waals surface area contributed by atoms with Gasteiger partial charge in [0, 0.05) is 19.1 Å². The molecule has 0 N–H and O–H groups in total. The predicted molar refractivity (Wildman–Crippen MR) is 74.8 cm³/mol. The second-order valence-corrected chi connectivity index (χ2v) is 6.24. The maximum atomic E-state index is 12.0. The van der Waals surface area contributed by atoms with Crippen LogP contribution in [0.2, 0.25) is 0 Å². The minimum Gasteiger partial charge on any atom is -0.444 e. The van der Waals surface area contributed by atoms with Gasteiger partial charge in [-0.25, -0.2) is 4.79 Å². The first-order valence-electron chi connectivity index (χ1n) is 7.13. The molecule has 19 heavy (non-hydrogen) atoms. The minimum atomic E-state index is -0.438. The Balaban J connectivity index is 2.54. The molecule has 1 atom stereocenters. The van der Waals surface area contributed by atoms with Crippen LogP contribution in [0.4, 0.5) is 4.79 Å². The number of nitrogens with zero attached hydrogens (tertiary/aromatic N) is 2. The van der Waals surface area contributed by atoms with Gasteiger partial charge in [0.05, 0.1) is 12.6 Å².